The molecule has 3 nitrogen and oxygen atoms in total. The second-order valence-electron chi connectivity index (χ2n) is 9.11. The van der Waals surface area contributed by atoms with E-state index in [-0.39, 0.29) is 28.4 Å². The SMILES string of the molecule is C[C@H]1C[C@H]2[C@@H]3C[C@H](Cl)C4=CC(=O)C=C[C@]4(C)[C@@]3(Br)[C@@H](O)C[C@]2(C)[C@@H]1O. The zero-order chi connectivity index (χ0) is 18.4. The van der Waals surface area contributed by atoms with Gasteiger partial charge in [-0.3, -0.25) is 4.79 Å². The minimum Gasteiger partial charge on any atom is -0.392 e. The van der Waals surface area contributed by atoms with Gasteiger partial charge in [0.1, 0.15) is 0 Å². The lowest BCUT2D eigenvalue weighted by Crippen LogP contribution is -2.67. The predicted octanol–water partition coefficient (Wildman–Crippen LogP) is 3.61. The molecule has 0 aliphatic heterocycles. The van der Waals surface area contributed by atoms with E-state index in [0.717, 1.165) is 12.0 Å². The van der Waals surface area contributed by atoms with Crippen molar-refractivity contribution in [3.63, 3.8) is 0 Å². The lowest BCUT2D eigenvalue weighted by molar-refractivity contribution is -0.115. The summed E-state index contributed by atoms with van der Waals surface area (Å²) < 4.78 is -0.567. The molecule has 138 valence electrons. The molecule has 0 aromatic rings. The maximum absolute atomic E-state index is 11.9. The molecule has 0 bridgehead atoms. The number of hydrogen-bond donors (Lipinski definition) is 2. The molecule has 0 amide bonds. The first kappa shape index (κ1) is 18.2. The standard InChI is InChI=1S/C20H26BrClO3/c1-10-6-12-13-8-15(22)14-7-11(23)4-5-19(14,3)20(13,21)16(24)9-18(12,2)17(10)25/h4-5,7,10,12-13,15-17,24-25H,6,8-9H2,1-3H3/t10-,12-,13-,15-,16-,17+,18-,19-,20-/m0/s1. The molecule has 0 aromatic carbocycles. The summed E-state index contributed by atoms with van der Waals surface area (Å²) in [5, 5.41) is 21.9. The van der Waals surface area contributed by atoms with Crippen LogP contribution in [0.15, 0.2) is 23.8 Å². The molecule has 4 aliphatic rings. The Morgan fingerprint density at radius 3 is 2.60 bits per heavy atom. The van der Waals surface area contributed by atoms with Crippen LogP contribution in [0, 0.1) is 28.6 Å². The molecular formula is C20H26BrClO3. The summed E-state index contributed by atoms with van der Waals surface area (Å²) in [6.45, 7) is 6.31. The molecule has 0 saturated heterocycles. The maximum Gasteiger partial charge on any atom is 0.178 e. The van der Waals surface area contributed by atoms with Crippen LogP contribution in [0.3, 0.4) is 0 Å². The zero-order valence-electron chi connectivity index (χ0n) is 14.9. The molecule has 0 heterocycles. The average Bonchev–Trinajstić information content (AvgIpc) is 2.76. The molecule has 25 heavy (non-hydrogen) atoms. The van der Waals surface area contributed by atoms with Crippen LogP contribution in [-0.4, -0.2) is 37.9 Å². The predicted molar refractivity (Wildman–Crippen MR) is 102 cm³/mol. The van der Waals surface area contributed by atoms with Gasteiger partial charge in [0.15, 0.2) is 5.78 Å². The van der Waals surface area contributed by atoms with Gasteiger partial charge in [-0.05, 0) is 60.2 Å². The molecule has 0 unspecified atom stereocenters. The van der Waals surface area contributed by atoms with Gasteiger partial charge in [-0.2, -0.15) is 0 Å². The fourth-order valence-electron chi connectivity index (χ4n) is 6.55. The quantitative estimate of drug-likeness (QED) is 0.578. The summed E-state index contributed by atoms with van der Waals surface area (Å²) in [4.78, 5) is 11.9. The van der Waals surface area contributed by atoms with E-state index in [0.29, 0.717) is 18.8 Å². The smallest absolute Gasteiger partial charge is 0.178 e. The van der Waals surface area contributed by atoms with Crippen LogP contribution in [-0.2, 0) is 4.79 Å². The van der Waals surface area contributed by atoms with Gasteiger partial charge in [-0.25, -0.2) is 0 Å². The highest BCUT2D eigenvalue weighted by molar-refractivity contribution is 9.10. The third-order valence-electron chi connectivity index (χ3n) is 7.90. The van der Waals surface area contributed by atoms with Crippen LogP contribution >= 0.6 is 27.5 Å². The number of ketones is 1. The Morgan fingerprint density at radius 2 is 1.92 bits per heavy atom. The molecule has 5 heteroatoms. The van der Waals surface area contributed by atoms with Gasteiger partial charge in [0, 0.05) is 5.41 Å². The number of allylic oxidation sites excluding steroid dienone is 4. The van der Waals surface area contributed by atoms with Crippen molar-refractivity contribution >= 4 is 33.3 Å². The third-order valence-corrected chi connectivity index (χ3v) is 10.3. The molecule has 4 rings (SSSR count). The fourth-order valence-corrected chi connectivity index (χ4v) is 8.06. The minimum absolute atomic E-state index is 0.0345. The van der Waals surface area contributed by atoms with Gasteiger partial charge in [0.2, 0.25) is 0 Å². The Hall–Kier alpha value is -0.160. The van der Waals surface area contributed by atoms with Crippen molar-refractivity contribution in [1.29, 1.82) is 0 Å². The van der Waals surface area contributed by atoms with Gasteiger partial charge < -0.3 is 10.2 Å². The molecule has 9 atom stereocenters. The summed E-state index contributed by atoms with van der Waals surface area (Å²) in [5.74, 6) is 0.626. The Kier molecular flexibility index (Phi) is 3.96. The topological polar surface area (TPSA) is 57.5 Å². The summed E-state index contributed by atoms with van der Waals surface area (Å²) in [7, 11) is 0. The third kappa shape index (κ3) is 2.09. The van der Waals surface area contributed by atoms with Crippen molar-refractivity contribution in [3.8, 4) is 0 Å². The van der Waals surface area contributed by atoms with Crippen molar-refractivity contribution in [1.82, 2.24) is 0 Å². The first-order valence-electron chi connectivity index (χ1n) is 9.20. The van der Waals surface area contributed by atoms with Crippen LogP contribution in [0.1, 0.15) is 40.0 Å². The minimum atomic E-state index is -0.617. The van der Waals surface area contributed by atoms with E-state index >= 15 is 0 Å². The number of carbonyl (C=O) groups excluding carboxylic acids is 1. The van der Waals surface area contributed by atoms with Crippen molar-refractivity contribution in [2.24, 2.45) is 28.6 Å². The van der Waals surface area contributed by atoms with E-state index in [1.54, 1.807) is 12.2 Å². The van der Waals surface area contributed by atoms with E-state index in [1.807, 2.05) is 6.08 Å². The van der Waals surface area contributed by atoms with Crippen molar-refractivity contribution < 1.29 is 15.0 Å². The number of rotatable bonds is 0. The second-order valence-corrected chi connectivity index (χ2v) is 10.9. The second kappa shape index (κ2) is 5.43. The molecule has 2 N–H and O–H groups in total. The highest BCUT2D eigenvalue weighted by Gasteiger charge is 2.70. The maximum atomic E-state index is 11.9. The van der Waals surface area contributed by atoms with E-state index in [2.05, 4.69) is 36.7 Å². The Morgan fingerprint density at radius 1 is 1.24 bits per heavy atom. The molecule has 0 spiro atoms. The van der Waals surface area contributed by atoms with E-state index < -0.39 is 21.9 Å². The van der Waals surface area contributed by atoms with Crippen LogP contribution in [0.5, 0.6) is 0 Å². The highest BCUT2D eigenvalue weighted by Crippen LogP contribution is 2.70. The van der Waals surface area contributed by atoms with Crippen molar-refractivity contribution in [3.05, 3.63) is 23.8 Å². The lowest BCUT2D eigenvalue weighted by Gasteiger charge is -2.64. The number of aliphatic hydroxyl groups excluding tert-OH is 2. The van der Waals surface area contributed by atoms with Crippen LogP contribution < -0.4 is 0 Å². The van der Waals surface area contributed by atoms with Crippen molar-refractivity contribution in [2.75, 3.05) is 0 Å². The van der Waals surface area contributed by atoms with Gasteiger partial charge in [0.25, 0.3) is 0 Å². The van der Waals surface area contributed by atoms with Crippen LogP contribution in [0.2, 0.25) is 0 Å². The normalized spacial score (nSPS) is 57.6. The first-order chi connectivity index (χ1) is 11.6. The summed E-state index contributed by atoms with van der Waals surface area (Å²) in [6, 6.07) is 0. The Labute approximate surface area is 162 Å². The molecule has 0 aromatic heterocycles. The molecular weight excluding hydrogens is 404 g/mol. The highest BCUT2D eigenvalue weighted by atomic mass is 79.9. The van der Waals surface area contributed by atoms with Crippen LogP contribution in [0.25, 0.3) is 0 Å². The van der Waals surface area contributed by atoms with Gasteiger partial charge >= 0.3 is 0 Å². The van der Waals surface area contributed by atoms with E-state index in [9.17, 15) is 15.0 Å². The van der Waals surface area contributed by atoms with Gasteiger partial charge in [0.05, 0.1) is 21.9 Å². The van der Waals surface area contributed by atoms with E-state index in [1.165, 1.54) is 0 Å². The molecule has 4 aliphatic carbocycles. The number of carbonyl (C=O) groups is 1. The number of aliphatic hydroxyl groups is 2. The van der Waals surface area contributed by atoms with Crippen LogP contribution in [0.4, 0.5) is 0 Å². The fraction of sp³-hybridized carbons (Fsp3) is 0.750. The summed E-state index contributed by atoms with van der Waals surface area (Å²) in [5.41, 5.74) is 0.112. The summed E-state index contributed by atoms with van der Waals surface area (Å²) >= 11 is 10.8. The number of hydrogen-bond acceptors (Lipinski definition) is 3. The molecule has 0 radical (unpaired) electrons. The average molecular weight is 430 g/mol. The molecule has 3 fully saturated rings. The number of alkyl halides is 2. The Bertz CT molecular complexity index is 690. The zero-order valence-corrected chi connectivity index (χ0v) is 17.2. The van der Waals surface area contributed by atoms with Gasteiger partial charge in [-0.1, -0.05) is 42.8 Å². The lowest BCUT2D eigenvalue weighted by atomic mass is 9.47. The number of halogens is 2. The summed E-state index contributed by atoms with van der Waals surface area (Å²) in [6.07, 6.45) is 6.40. The van der Waals surface area contributed by atoms with E-state index in [4.69, 9.17) is 11.6 Å². The Balaban J connectivity index is 1.86. The monoisotopic (exact) mass is 428 g/mol. The van der Waals surface area contributed by atoms with Gasteiger partial charge in [-0.15, -0.1) is 11.6 Å². The number of fused-ring (bicyclic) bond motifs is 5. The largest absolute Gasteiger partial charge is 0.392 e. The first-order valence-corrected chi connectivity index (χ1v) is 10.4. The van der Waals surface area contributed by atoms with Crippen molar-refractivity contribution in [2.45, 2.75) is 61.9 Å². The molecule has 3 saturated carbocycles.